The van der Waals surface area contributed by atoms with Crippen molar-refractivity contribution in [1.82, 2.24) is 10.2 Å². The van der Waals surface area contributed by atoms with Gasteiger partial charge in [-0.2, -0.15) is 5.10 Å². The maximum Gasteiger partial charge on any atom is 0.282 e. The van der Waals surface area contributed by atoms with Gasteiger partial charge in [0, 0.05) is 6.07 Å². The summed E-state index contributed by atoms with van der Waals surface area (Å²) < 4.78 is 11.8. The smallest absolute Gasteiger partial charge is 0.282 e. The van der Waals surface area contributed by atoms with Crippen LogP contribution in [-0.4, -0.2) is 10.2 Å². The Balaban J connectivity index is 1.36. The van der Waals surface area contributed by atoms with E-state index in [0.717, 1.165) is 25.0 Å². The molecule has 1 aliphatic rings. The minimum atomic E-state index is 0.425. The topological polar surface area (TPSA) is 44.2 Å². The van der Waals surface area contributed by atoms with E-state index in [1.807, 2.05) is 30.3 Å². The van der Waals surface area contributed by atoms with Crippen molar-refractivity contribution in [3.8, 4) is 23.1 Å². The molecule has 3 aromatic carbocycles. The summed E-state index contributed by atoms with van der Waals surface area (Å²) in [5.41, 5.74) is 2.33. The van der Waals surface area contributed by atoms with Crippen LogP contribution >= 0.6 is 0 Å². The highest BCUT2D eigenvalue weighted by Gasteiger charge is 2.21. The molecule has 29 heavy (non-hydrogen) atoms. The van der Waals surface area contributed by atoms with E-state index in [-0.39, 0.29) is 0 Å². The molecule has 0 saturated heterocycles. The molecule has 1 aliphatic heterocycles. The Morgan fingerprint density at radius 3 is 2.41 bits per heavy atom. The first-order valence-electron chi connectivity index (χ1n) is 10.1. The Morgan fingerprint density at radius 2 is 1.55 bits per heavy atom. The average molecular weight is 382 g/mol. The molecular formula is C25H22N2O2. The first-order chi connectivity index (χ1) is 14.3. The lowest BCUT2D eigenvalue weighted by molar-refractivity contribution is 0.341. The molecule has 0 amide bonds. The van der Waals surface area contributed by atoms with Crippen molar-refractivity contribution in [1.29, 1.82) is 0 Å². The van der Waals surface area contributed by atoms with Crippen molar-refractivity contribution in [2.24, 2.45) is 0 Å². The molecule has 144 valence electrons. The minimum absolute atomic E-state index is 0.425. The predicted octanol–water partition coefficient (Wildman–Crippen LogP) is 6.65. The summed E-state index contributed by atoms with van der Waals surface area (Å²) in [5.74, 6) is 2.91. The number of aromatic nitrogens is 2. The molecule has 1 atom stereocenters. The van der Waals surface area contributed by atoms with E-state index >= 15 is 0 Å². The van der Waals surface area contributed by atoms with E-state index in [9.17, 15) is 0 Å². The molecule has 0 aliphatic carbocycles. The number of aryl methyl sites for hydroxylation is 1. The van der Waals surface area contributed by atoms with Crippen LogP contribution in [0.4, 0.5) is 0 Å². The highest BCUT2D eigenvalue weighted by molar-refractivity contribution is 5.86. The largest absolute Gasteiger partial charge is 0.448 e. The number of rotatable bonds is 5. The Morgan fingerprint density at radius 1 is 0.793 bits per heavy atom. The van der Waals surface area contributed by atoms with Gasteiger partial charge in [0.1, 0.15) is 0 Å². The highest BCUT2D eigenvalue weighted by Crippen LogP contribution is 2.43. The van der Waals surface area contributed by atoms with Crippen LogP contribution in [0.15, 0.2) is 72.8 Å². The molecule has 0 fully saturated rings. The number of hydrogen-bond acceptors (Lipinski definition) is 4. The summed E-state index contributed by atoms with van der Waals surface area (Å²) in [6.45, 7) is 2.25. The van der Waals surface area contributed by atoms with Crippen molar-refractivity contribution < 1.29 is 9.47 Å². The van der Waals surface area contributed by atoms with Gasteiger partial charge in [0.2, 0.25) is 0 Å². The molecule has 4 heteroatoms. The number of para-hydroxylation sites is 2. The van der Waals surface area contributed by atoms with Crippen molar-refractivity contribution in [2.75, 3.05) is 0 Å². The zero-order chi connectivity index (χ0) is 19.6. The Labute approximate surface area is 170 Å². The van der Waals surface area contributed by atoms with Gasteiger partial charge in [-0.1, -0.05) is 61.5 Å². The Hall–Kier alpha value is -3.40. The predicted molar refractivity (Wildman–Crippen MR) is 114 cm³/mol. The summed E-state index contributed by atoms with van der Waals surface area (Å²) in [6, 6.07) is 24.7. The molecule has 4 aromatic rings. The van der Waals surface area contributed by atoms with Crippen molar-refractivity contribution in [2.45, 2.75) is 32.1 Å². The number of hydrogen-bond donors (Lipinski definition) is 0. The normalized spacial score (nSPS) is 13.1. The van der Waals surface area contributed by atoms with Gasteiger partial charge >= 0.3 is 0 Å². The van der Waals surface area contributed by atoms with Gasteiger partial charge in [0.25, 0.3) is 5.88 Å². The fourth-order valence-corrected chi connectivity index (χ4v) is 4.02. The molecule has 0 N–H and O–H groups in total. The molecule has 0 saturated carbocycles. The highest BCUT2D eigenvalue weighted by atomic mass is 16.6. The van der Waals surface area contributed by atoms with E-state index in [1.165, 1.54) is 16.3 Å². The van der Waals surface area contributed by atoms with Crippen molar-refractivity contribution >= 4 is 10.8 Å². The first kappa shape index (κ1) is 17.7. The van der Waals surface area contributed by atoms with Crippen LogP contribution in [0.1, 0.15) is 36.9 Å². The lowest BCUT2D eigenvalue weighted by Crippen LogP contribution is -2.06. The van der Waals surface area contributed by atoms with E-state index < -0.39 is 0 Å². The second kappa shape index (κ2) is 7.55. The van der Waals surface area contributed by atoms with E-state index in [0.29, 0.717) is 29.0 Å². The summed E-state index contributed by atoms with van der Waals surface area (Å²) in [4.78, 5) is 0. The number of fused-ring (bicyclic) bond motifs is 3. The molecule has 2 heterocycles. The molecular weight excluding hydrogens is 360 g/mol. The third-order valence-corrected chi connectivity index (χ3v) is 5.56. The van der Waals surface area contributed by atoms with Crippen LogP contribution in [-0.2, 0) is 6.42 Å². The van der Waals surface area contributed by atoms with Gasteiger partial charge in [0.15, 0.2) is 17.2 Å². The zero-order valence-electron chi connectivity index (χ0n) is 16.3. The van der Waals surface area contributed by atoms with Gasteiger partial charge in [0.05, 0.1) is 5.69 Å². The van der Waals surface area contributed by atoms with Gasteiger partial charge in [-0.05, 0) is 53.6 Å². The third kappa shape index (κ3) is 3.42. The SMILES string of the molecule is CCC(CCc1cc2c(nn1)Oc1ccccc1O2)c1cccc2ccccc12. The fourth-order valence-electron chi connectivity index (χ4n) is 4.02. The quantitative estimate of drug-likeness (QED) is 0.341. The van der Waals surface area contributed by atoms with Gasteiger partial charge in [-0.3, -0.25) is 0 Å². The Bertz CT molecular complexity index is 1170. The molecule has 4 nitrogen and oxygen atoms in total. The first-order valence-corrected chi connectivity index (χ1v) is 10.1. The molecule has 5 rings (SSSR count). The average Bonchev–Trinajstić information content (AvgIpc) is 2.78. The van der Waals surface area contributed by atoms with Gasteiger partial charge < -0.3 is 9.47 Å². The lowest BCUT2D eigenvalue weighted by atomic mass is 9.88. The molecule has 0 radical (unpaired) electrons. The van der Waals surface area contributed by atoms with Crippen LogP contribution in [0.2, 0.25) is 0 Å². The summed E-state index contributed by atoms with van der Waals surface area (Å²) in [7, 11) is 0. The molecule has 0 bridgehead atoms. The second-order valence-corrected chi connectivity index (χ2v) is 7.37. The van der Waals surface area contributed by atoms with Crippen LogP contribution < -0.4 is 9.47 Å². The third-order valence-electron chi connectivity index (χ3n) is 5.56. The summed E-state index contributed by atoms with van der Waals surface area (Å²) in [5, 5.41) is 11.3. The summed E-state index contributed by atoms with van der Waals surface area (Å²) in [6.07, 6.45) is 2.93. The van der Waals surface area contributed by atoms with Crippen molar-refractivity contribution in [3.05, 3.63) is 84.1 Å². The standard InChI is InChI=1S/C25H22N2O2/c1-2-17(20-11-7-9-18-8-3-4-10-21(18)20)14-15-19-16-24-25(27-26-19)29-23-13-6-5-12-22(23)28-24/h3-13,16-17H,2,14-15H2,1H3. The van der Waals surface area contributed by atoms with Crippen LogP contribution in [0.25, 0.3) is 10.8 Å². The lowest BCUT2D eigenvalue weighted by Gasteiger charge is -2.20. The van der Waals surface area contributed by atoms with Gasteiger partial charge in [-0.25, -0.2) is 0 Å². The second-order valence-electron chi connectivity index (χ2n) is 7.37. The van der Waals surface area contributed by atoms with Crippen molar-refractivity contribution in [3.63, 3.8) is 0 Å². The fraction of sp³-hybridized carbons (Fsp3) is 0.200. The van der Waals surface area contributed by atoms with E-state index in [2.05, 4.69) is 59.6 Å². The molecule has 0 spiro atoms. The van der Waals surface area contributed by atoms with E-state index in [4.69, 9.17) is 9.47 Å². The Kier molecular flexibility index (Phi) is 4.60. The monoisotopic (exact) mass is 382 g/mol. The number of nitrogens with zero attached hydrogens (tertiary/aromatic N) is 2. The minimum Gasteiger partial charge on any atom is -0.448 e. The number of ether oxygens (including phenoxy) is 2. The molecule has 1 aromatic heterocycles. The van der Waals surface area contributed by atoms with Crippen LogP contribution in [0.3, 0.4) is 0 Å². The molecule has 1 unspecified atom stereocenters. The van der Waals surface area contributed by atoms with Crippen LogP contribution in [0, 0.1) is 0 Å². The van der Waals surface area contributed by atoms with Crippen LogP contribution in [0.5, 0.6) is 23.1 Å². The van der Waals surface area contributed by atoms with Gasteiger partial charge in [-0.15, -0.1) is 5.10 Å². The zero-order valence-corrected chi connectivity index (χ0v) is 16.3. The maximum atomic E-state index is 5.97. The number of benzene rings is 3. The van der Waals surface area contributed by atoms with E-state index in [1.54, 1.807) is 0 Å². The summed E-state index contributed by atoms with van der Waals surface area (Å²) >= 11 is 0. The maximum absolute atomic E-state index is 5.97.